The molecule has 0 spiro atoms. The van der Waals surface area contributed by atoms with Crippen LogP contribution in [-0.2, 0) is 10.3 Å². The van der Waals surface area contributed by atoms with Crippen LogP contribution in [0.15, 0.2) is 42.5 Å². The summed E-state index contributed by atoms with van der Waals surface area (Å²) in [4.78, 5) is 11.7. The molecule has 0 bridgehead atoms. The van der Waals surface area contributed by atoms with E-state index in [0.29, 0.717) is 5.75 Å². The highest BCUT2D eigenvalue weighted by molar-refractivity contribution is 6.30. The molecule has 1 unspecified atom stereocenters. The van der Waals surface area contributed by atoms with E-state index in [-0.39, 0.29) is 21.8 Å². The van der Waals surface area contributed by atoms with Crippen molar-refractivity contribution >= 4 is 23.4 Å². The van der Waals surface area contributed by atoms with Gasteiger partial charge in [0.2, 0.25) is 0 Å². The zero-order chi connectivity index (χ0) is 18.9. The van der Waals surface area contributed by atoms with Crippen molar-refractivity contribution in [3.8, 4) is 17.6 Å². The molecule has 0 fully saturated rings. The van der Waals surface area contributed by atoms with E-state index in [0.717, 1.165) is 6.07 Å². The fourth-order valence-electron chi connectivity index (χ4n) is 2.48. The molecular weight excluding hydrogens is 371 g/mol. The Morgan fingerprint density at radius 3 is 2.69 bits per heavy atom. The maximum Gasteiger partial charge on any atom is 0.445 e. The molecule has 1 heterocycles. The molecule has 0 aromatic heterocycles. The lowest BCUT2D eigenvalue weighted by Crippen LogP contribution is -2.49. The van der Waals surface area contributed by atoms with E-state index in [4.69, 9.17) is 16.3 Å². The lowest BCUT2D eigenvalue weighted by molar-refractivity contribution is -0.239. The second-order valence-electron chi connectivity index (χ2n) is 5.37. The minimum absolute atomic E-state index is 0.0558. The number of hydrogen-bond acceptors (Lipinski definition) is 3. The average Bonchev–Trinajstić information content (AvgIpc) is 2.59. The standard InChI is InChI=1S/C18H11ClF3NO3/c1-25-13-4-2-3-11(9-13)7-8-17(18(20,21)22)14-10-12(19)5-6-15(14)23-16(24)26-17/h2-6,9-10H,1H3,(H,23,24). The number of methoxy groups -OCH3 is 1. The van der Waals surface area contributed by atoms with Crippen molar-refractivity contribution in [2.75, 3.05) is 12.4 Å². The van der Waals surface area contributed by atoms with Gasteiger partial charge in [0.25, 0.3) is 5.60 Å². The Bertz CT molecular complexity index is 933. The third kappa shape index (κ3) is 3.16. The summed E-state index contributed by atoms with van der Waals surface area (Å²) in [5.41, 5.74) is -3.32. The molecule has 4 nitrogen and oxygen atoms in total. The van der Waals surface area contributed by atoms with E-state index in [9.17, 15) is 18.0 Å². The third-order valence-corrected chi connectivity index (χ3v) is 3.93. The Hall–Kier alpha value is -2.85. The number of hydrogen-bond donors (Lipinski definition) is 1. The number of anilines is 1. The van der Waals surface area contributed by atoms with E-state index < -0.39 is 17.9 Å². The molecule has 0 aliphatic carbocycles. The molecule has 1 amide bonds. The van der Waals surface area contributed by atoms with Crippen LogP contribution in [0.2, 0.25) is 5.02 Å². The van der Waals surface area contributed by atoms with Gasteiger partial charge in [-0.25, -0.2) is 4.79 Å². The molecule has 134 valence electrons. The number of benzene rings is 2. The topological polar surface area (TPSA) is 47.6 Å². The molecule has 2 aromatic rings. The number of rotatable bonds is 1. The Morgan fingerprint density at radius 1 is 1.23 bits per heavy atom. The number of amides is 1. The van der Waals surface area contributed by atoms with Crippen LogP contribution in [0.5, 0.6) is 5.75 Å². The molecule has 26 heavy (non-hydrogen) atoms. The van der Waals surface area contributed by atoms with Gasteiger partial charge in [-0.15, -0.1) is 0 Å². The fourth-order valence-corrected chi connectivity index (χ4v) is 2.65. The summed E-state index contributed by atoms with van der Waals surface area (Å²) in [7, 11) is 1.43. The van der Waals surface area contributed by atoms with Crippen molar-refractivity contribution in [2.24, 2.45) is 0 Å². The summed E-state index contributed by atoms with van der Waals surface area (Å²) in [5, 5.41) is 2.28. The molecule has 8 heteroatoms. The smallest absolute Gasteiger partial charge is 0.445 e. The number of carbonyl (C=O) groups excluding carboxylic acids is 1. The largest absolute Gasteiger partial charge is 0.497 e. The maximum absolute atomic E-state index is 14.0. The van der Waals surface area contributed by atoms with Gasteiger partial charge >= 0.3 is 12.3 Å². The van der Waals surface area contributed by atoms with Gasteiger partial charge in [-0.3, -0.25) is 5.32 Å². The van der Waals surface area contributed by atoms with Crippen molar-refractivity contribution < 1.29 is 27.4 Å². The molecule has 2 aromatic carbocycles. The van der Waals surface area contributed by atoms with Crippen LogP contribution in [0.4, 0.5) is 23.7 Å². The van der Waals surface area contributed by atoms with E-state index in [1.54, 1.807) is 12.1 Å². The summed E-state index contributed by atoms with van der Waals surface area (Å²) in [6.45, 7) is 0. The summed E-state index contributed by atoms with van der Waals surface area (Å²) >= 11 is 5.85. The van der Waals surface area contributed by atoms with E-state index in [1.165, 1.54) is 31.4 Å². The second kappa shape index (κ2) is 6.46. The van der Waals surface area contributed by atoms with Gasteiger partial charge in [-0.2, -0.15) is 13.2 Å². The normalized spacial score (nSPS) is 18.7. The first-order valence-corrected chi connectivity index (χ1v) is 7.67. The van der Waals surface area contributed by atoms with Gasteiger partial charge in [0.05, 0.1) is 12.8 Å². The number of carbonyl (C=O) groups is 1. The lowest BCUT2D eigenvalue weighted by atomic mass is 9.90. The quantitative estimate of drug-likeness (QED) is 0.727. The van der Waals surface area contributed by atoms with Crippen molar-refractivity contribution in [2.45, 2.75) is 11.8 Å². The number of cyclic esters (lactones) is 1. The number of nitrogens with one attached hydrogen (secondary N) is 1. The van der Waals surface area contributed by atoms with Crippen LogP contribution in [0.1, 0.15) is 11.1 Å². The molecule has 1 aliphatic rings. The first-order valence-electron chi connectivity index (χ1n) is 7.29. The molecule has 1 atom stereocenters. The molecule has 1 aliphatic heterocycles. The highest BCUT2D eigenvalue weighted by Gasteiger charge is 2.62. The van der Waals surface area contributed by atoms with E-state index in [1.807, 2.05) is 0 Å². The Kier molecular flexibility index (Phi) is 4.46. The molecule has 0 radical (unpaired) electrons. The van der Waals surface area contributed by atoms with Gasteiger partial charge < -0.3 is 9.47 Å². The summed E-state index contributed by atoms with van der Waals surface area (Å²) in [6, 6.07) is 9.91. The Labute approximate surface area is 151 Å². The minimum atomic E-state index is -4.99. The lowest BCUT2D eigenvalue weighted by Gasteiger charge is -2.35. The highest BCUT2D eigenvalue weighted by atomic mass is 35.5. The first-order chi connectivity index (χ1) is 12.2. The van der Waals surface area contributed by atoms with Gasteiger partial charge in [0.1, 0.15) is 5.75 Å². The number of halogens is 4. The first kappa shape index (κ1) is 18.0. The van der Waals surface area contributed by atoms with Crippen LogP contribution in [0.3, 0.4) is 0 Å². The monoisotopic (exact) mass is 381 g/mol. The fraction of sp³-hybridized carbons (Fsp3) is 0.167. The maximum atomic E-state index is 14.0. The zero-order valence-corrected chi connectivity index (χ0v) is 14.0. The average molecular weight is 382 g/mol. The van der Waals surface area contributed by atoms with Gasteiger partial charge in [0, 0.05) is 16.1 Å². The third-order valence-electron chi connectivity index (χ3n) is 3.70. The summed E-state index contributed by atoms with van der Waals surface area (Å²) < 4.78 is 51.5. The van der Waals surface area contributed by atoms with Crippen LogP contribution in [-0.4, -0.2) is 19.4 Å². The molecule has 3 rings (SSSR count). The van der Waals surface area contributed by atoms with Crippen molar-refractivity contribution in [3.05, 3.63) is 58.6 Å². The minimum Gasteiger partial charge on any atom is -0.497 e. The van der Waals surface area contributed by atoms with Crippen LogP contribution >= 0.6 is 11.6 Å². The predicted octanol–water partition coefficient (Wildman–Crippen LogP) is 4.72. The molecule has 0 saturated carbocycles. The van der Waals surface area contributed by atoms with Crippen molar-refractivity contribution in [3.63, 3.8) is 0 Å². The zero-order valence-electron chi connectivity index (χ0n) is 13.3. The SMILES string of the molecule is COc1cccc(C#CC2(C(F)(F)F)OC(=O)Nc3ccc(Cl)cc32)c1. The number of fused-ring (bicyclic) bond motifs is 1. The van der Waals surface area contributed by atoms with Gasteiger partial charge in [-0.05, 0) is 42.3 Å². The number of alkyl halides is 3. The van der Waals surface area contributed by atoms with Gasteiger partial charge in [-0.1, -0.05) is 23.6 Å². The Morgan fingerprint density at radius 2 is 2.00 bits per heavy atom. The van der Waals surface area contributed by atoms with E-state index in [2.05, 4.69) is 21.9 Å². The highest BCUT2D eigenvalue weighted by Crippen LogP contribution is 2.47. The van der Waals surface area contributed by atoms with Crippen molar-refractivity contribution in [1.82, 2.24) is 0 Å². The van der Waals surface area contributed by atoms with Crippen LogP contribution < -0.4 is 10.1 Å². The summed E-state index contributed by atoms with van der Waals surface area (Å²) in [6.07, 6.45) is -6.24. The van der Waals surface area contributed by atoms with Crippen LogP contribution in [0, 0.1) is 11.8 Å². The summed E-state index contributed by atoms with van der Waals surface area (Å²) in [5.74, 6) is 4.94. The second-order valence-corrected chi connectivity index (χ2v) is 5.80. The number of ether oxygens (including phenoxy) is 2. The predicted molar refractivity (Wildman–Crippen MR) is 89.2 cm³/mol. The van der Waals surface area contributed by atoms with Gasteiger partial charge in [0.15, 0.2) is 0 Å². The Balaban J connectivity index is 2.20. The van der Waals surface area contributed by atoms with E-state index >= 15 is 0 Å². The molecule has 1 N–H and O–H groups in total. The van der Waals surface area contributed by atoms with Crippen LogP contribution in [0.25, 0.3) is 0 Å². The molecule has 0 saturated heterocycles. The van der Waals surface area contributed by atoms with Crippen molar-refractivity contribution in [1.29, 1.82) is 0 Å². The molecular formula is C18H11ClF3NO3.